The molecule has 0 aliphatic carbocycles. The van der Waals surface area contributed by atoms with Crippen molar-refractivity contribution in [2.75, 3.05) is 0 Å². The number of rotatable bonds is 4. The molecule has 0 amide bonds. The third kappa shape index (κ3) is 9.18. The van der Waals surface area contributed by atoms with Crippen LogP contribution in [-0.4, -0.2) is 38.7 Å². The highest BCUT2D eigenvalue weighted by Crippen LogP contribution is 2.26. The lowest BCUT2D eigenvalue weighted by Gasteiger charge is -2.09. The summed E-state index contributed by atoms with van der Waals surface area (Å²) in [5.74, 6) is 5.36. The van der Waals surface area contributed by atoms with Gasteiger partial charge in [-0.15, -0.1) is 10.2 Å². The Balaban J connectivity index is 0.000000294. The van der Waals surface area contributed by atoms with Crippen molar-refractivity contribution in [2.45, 2.75) is 134 Å². The van der Waals surface area contributed by atoms with Gasteiger partial charge >= 0.3 is 0 Å². The molecule has 4 heterocycles. The molecule has 0 unspecified atom stereocenters. The van der Waals surface area contributed by atoms with Crippen LogP contribution in [0.25, 0.3) is 0 Å². The van der Waals surface area contributed by atoms with Crippen molar-refractivity contribution in [3.63, 3.8) is 0 Å². The maximum atomic E-state index is 4.39. The minimum absolute atomic E-state index is 0.464. The molecule has 8 nitrogen and oxygen atoms in total. The van der Waals surface area contributed by atoms with Gasteiger partial charge in [0.2, 0.25) is 0 Å². The second-order valence-corrected chi connectivity index (χ2v) is 13.5. The fourth-order valence-electron chi connectivity index (χ4n) is 6.08. The van der Waals surface area contributed by atoms with Crippen LogP contribution >= 0.6 is 0 Å². The number of aromatic nitrogens is 8. The van der Waals surface area contributed by atoms with Crippen molar-refractivity contribution in [3.05, 3.63) is 68.3 Å². The molecule has 248 valence electrons. The maximum absolute atomic E-state index is 4.39. The number of aryl methyl sites for hydroxylation is 5. The molecule has 0 saturated carbocycles. The minimum atomic E-state index is 0.464. The molecule has 4 rings (SSSR count). The van der Waals surface area contributed by atoms with Gasteiger partial charge in [0.1, 0.15) is 17.5 Å². The van der Waals surface area contributed by atoms with Crippen LogP contribution in [0.3, 0.4) is 0 Å². The predicted octanol–water partition coefficient (Wildman–Crippen LogP) is 8.64. The van der Waals surface area contributed by atoms with Crippen molar-refractivity contribution >= 4 is 0 Å². The van der Waals surface area contributed by atoms with Crippen LogP contribution in [0, 0.1) is 55.4 Å². The summed E-state index contributed by atoms with van der Waals surface area (Å²) < 4.78 is 8.48. The Morgan fingerprint density at radius 1 is 0.455 bits per heavy atom. The molecule has 0 aliphatic heterocycles. The highest BCUT2D eigenvalue weighted by Gasteiger charge is 2.14. The highest BCUT2D eigenvalue weighted by molar-refractivity contribution is 5.37. The fourth-order valence-corrected chi connectivity index (χ4v) is 6.08. The van der Waals surface area contributed by atoms with Gasteiger partial charge in [-0.1, -0.05) is 55.4 Å². The largest absolute Gasteiger partial charge is 0.351 e. The average Bonchev–Trinajstić information content (AvgIpc) is 3.53. The Labute approximate surface area is 269 Å². The van der Waals surface area contributed by atoms with Crippen molar-refractivity contribution in [3.8, 4) is 0 Å². The number of nitrogens with zero attached hydrogens (tertiary/aromatic N) is 8. The molecule has 44 heavy (non-hydrogen) atoms. The molecule has 0 atom stereocenters. The number of imidazole rings is 1. The Morgan fingerprint density at radius 3 is 1.14 bits per heavy atom. The number of hydrogen-bond donors (Lipinski definition) is 0. The minimum Gasteiger partial charge on any atom is -0.351 e. The molecule has 0 aromatic carbocycles. The number of hydrogen-bond acceptors (Lipinski definition) is 4. The second-order valence-electron chi connectivity index (χ2n) is 13.5. The Kier molecular flexibility index (Phi) is 14.3. The van der Waals surface area contributed by atoms with Gasteiger partial charge in [0, 0.05) is 56.9 Å². The Morgan fingerprint density at radius 2 is 0.955 bits per heavy atom. The summed E-state index contributed by atoms with van der Waals surface area (Å²) in [6.07, 6.45) is 0. The lowest BCUT2D eigenvalue weighted by molar-refractivity contribution is 0.663. The van der Waals surface area contributed by atoms with Gasteiger partial charge in [-0.2, -0.15) is 5.10 Å². The van der Waals surface area contributed by atoms with Crippen LogP contribution in [0.4, 0.5) is 0 Å². The second kappa shape index (κ2) is 16.2. The molecule has 0 aliphatic rings. The van der Waals surface area contributed by atoms with E-state index in [1.807, 2.05) is 37.2 Å². The van der Waals surface area contributed by atoms with Gasteiger partial charge in [-0.25, -0.2) is 4.98 Å². The summed E-state index contributed by atoms with van der Waals surface area (Å²) in [7, 11) is 8.23. The molecule has 4 aromatic rings. The van der Waals surface area contributed by atoms with Crippen LogP contribution in [0.1, 0.15) is 147 Å². The van der Waals surface area contributed by atoms with Gasteiger partial charge < -0.3 is 13.7 Å². The topological polar surface area (TPSA) is 71.3 Å². The third-order valence-electron chi connectivity index (χ3n) is 8.76. The Bertz CT molecular complexity index is 1400. The molecule has 0 spiro atoms. The summed E-state index contributed by atoms with van der Waals surface area (Å²) in [6.45, 7) is 34.4. The van der Waals surface area contributed by atoms with Crippen molar-refractivity contribution < 1.29 is 0 Å². The monoisotopic (exact) mass is 609 g/mol. The van der Waals surface area contributed by atoms with Crippen molar-refractivity contribution in [2.24, 2.45) is 28.2 Å². The molecule has 4 aromatic heterocycles. The van der Waals surface area contributed by atoms with Gasteiger partial charge in [-0.05, 0) is 89.8 Å². The summed E-state index contributed by atoms with van der Waals surface area (Å²) in [5, 5.41) is 12.3. The molecule has 0 saturated heterocycles. The quantitative estimate of drug-likeness (QED) is 0.232. The van der Waals surface area contributed by atoms with Crippen LogP contribution < -0.4 is 0 Å². The standard InChI is InChI=1S/C11H19N.2C9H16N2.C7H13N3/c1-7(2)11-9(4)8(3)10(5)12(11)6;1-6(2)9-7(3)10-8(4)11(9)5;1-6(2)9-7(3)8(4)10-11(9)5;1-5(2)7-9-8-6(3)10(7)4/h7H,1-6H3;2*6H,1-5H3;5H,1-4H3. The van der Waals surface area contributed by atoms with E-state index in [0.717, 1.165) is 23.2 Å². The highest BCUT2D eigenvalue weighted by atomic mass is 15.3. The van der Waals surface area contributed by atoms with E-state index in [0.29, 0.717) is 23.7 Å². The van der Waals surface area contributed by atoms with Crippen molar-refractivity contribution in [1.82, 2.24) is 38.7 Å². The van der Waals surface area contributed by atoms with Crippen LogP contribution in [0.2, 0.25) is 0 Å². The lowest BCUT2D eigenvalue weighted by atomic mass is 10.0. The molecule has 0 fully saturated rings. The first-order valence-corrected chi connectivity index (χ1v) is 16.1. The third-order valence-corrected chi connectivity index (χ3v) is 8.76. The SMILES string of the molecule is Cc1c(C)c(C(C)C)n(C)c1C.Cc1nc(C)n(C)c1C(C)C.Cc1nn(C)c(C(C)C)c1C.Cc1nnc(C(C)C)n1C. The van der Waals surface area contributed by atoms with E-state index in [1.165, 1.54) is 45.2 Å². The summed E-state index contributed by atoms with van der Waals surface area (Å²) >= 11 is 0. The van der Waals surface area contributed by atoms with E-state index in [9.17, 15) is 0 Å². The molecule has 0 N–H and O–H groups in total. The van der Waals surface area contributed by atoms with E-state index in [4.69, 9.17) is 0 Å². The summed E-state index contributed by atoms with van der Waals surface area (Å²) in [4.78, 5) is 4.39. The zero-order chi connectivity index (χ0) is 34.4. The van der Waals surface area contributed by atoms with Crippen LogP contribution in [0.15, 0.2) is 0 Å². The van der Waals surface area contributed by atoms with Gasteiger partial charge in [0.25, 0.3) is 0 Å². The first-order valence-electron chi connectivity index (χ1n) is 16.1. The zero-order valence-electron chi connectivity index (χ0n) is 31.9. The molecular weight excluding hydrogens is 544 g/mol. The van der Waals surface area contributed by atoms with E-state index in [-0.39, 0.29) is 0 Å². The predicted molar refractivity (Wildman–Crippen MR) is 187 cm³/mol. The first kappa shape index (κ1) is 38.9. The normalized spacial score (nSPS) is 11.1. The average molecular weight is 609 g/mol. The molecule has 8 heteroatoms. The Hall–Kier alpha value is -3.16. The molecule has 0 radical (unpaired) electrons. The van der Waals surface area contributed by atoms with Gasteiger partial charge in [0.15, 0.2) is 0 Å². The van der Waals surface area contributed by atoms with E-state index in [1.54, 1.807) is 0 Å². The zero-order valence-corrected chi connectivity index (χ0v) is 31.9. The summed E-state index contributed by atoms with van der Waals surface area (Å²) in [5.41, 5.74) is 12.1. The van der Waals surface area contributed by atoms with E-state index >= 15 is 0 Å². The van der Waals surface area contributed by atoms with Gasteiger partial charge in [0.05, 0.1) is 11.4 Å². The molecular formula is C36H64N8. The summed E-state index contributed by atoms with van der Waals surface area (Å²) in [6, 6.07) is 0. The van der Waals surface area contributed by atoms with Crippen molar-refractivity contribution in [1.29, 1.82) is 0 Å². The van der Waals surface area contributed by atoms with Gasteiger partial charge in [-0.3, -0.25) is 4.68 Å². The van der Waals surface area contributed by atoms with E-state index in [2.05, 4.69) is 140 Å². The fraction of sp³-hybridized carbons (Fsp3) is 0.667. The lowest BCUT2D eigenvalue weighted by Crippen LogP contribution is -2.00. The van der Waals surface area contributed by atoms with Crippen LogP contribution in [0.5, 0.6) is 0 Å². The van der Waals surface area contributed by atoms with Crippen LogP contribution in [-0.2, 0) is 28.2 Å². The first-order chi connectivity index (χ1) is 20.2. The van der Waals surface area contributed by atoms with E-state index < -0.39 is 0 Å². The molecule has 0 bridgehead atoms. The smallest absolute Gasteiger partial charge is 0.135 e. The maximum Gasteiger partial charge on any atom is 0.135 e.